The minimum Gasteiger partial charge on any atom is -0.486 e. The van der Waals surface area contributed by atoms with Gasteiger partial charge in [0.05, 0.1) is 12.7 Å². The highest BCUT2D eigenvalue weighted by molar-refractivity contribution is 5.78. The third-order valence-electron chi connectivity index (χ3n) is 3.22. The summed E-state index contributed by atoms with van der Waals surface area (Å²) in [5.74, 6) is 1.45. The van der Waals surface area contributed by atoms with E-state index in [4.69, 9.17) is 9.47 Å². The number of imidazole rings is 1. The average molecular weight is 287 g/mol. The second-order valence-corrected chi connectivity index (χ2v) is 4.81. The Morgan fingerprint density at radius 2 is 2.14 bits per heavy atom. The van der Waals surface area contributed by atoms with Gasteiger partial charge in [0.1, 0.15) is 13.2 Å². The first-order valence-electron chi connectivity index (χ1n) is 6.92. The van der Waals surface area contributed by atoms with E-state index in [1.165, 1.54) is 0 Å². The molecular weight excluding hydrogens is 270 g/mol. The first-order valence-corrected chi connectivity index (χ1v) is 6.92. The molecule has 2 heterocycles. The summed E-state index contributed by atoms with van der Waals surface area (Å²) in [5.41, 5.74) is 0.916. The molecule has 110 valence electrons. The van der Waals surface area contributed by atoms with Crippen LogP contribution < -0.4 is 14.8 Å². The lowest BCUT2D eigenvalue weighted by atomic mass is 10.1. The van der Waals surface area contributed by atoms with Gasteiger partial charge in [0, 0.05) is 25.5 Å². The molecule has 2 aromatic rings. The van der Waals surface area contributed by atoms with Gasteiger partial charge in [0.15, 0.2) is 11.5 Å². The predicted octanol–water partition coefficient (Wildman–Crippen LogP) is 1.01. The van der Waals surface area contributed by atoms with Crippen molar-refractivity contribution in [1.29, 1.82) is 0 Å². The van der Waals surface area contributed by atoms with Crippen molar-refractivity contribution < 1.29 is 14.3 Å². The smallest absolute Gasteiger partial charge is 0.224 e. The summed E-state index contributed by atoms with van der Waals surface area (Å²) < 4.78 is 12.9. The standard InChI is InChI=1S/C15H17N3O3/c19-15(17-4-6-18-5-3-16-11-18)10-12-1-2-13-14(9-12)21-8-7-20-13/h1-3,5,9,11H,4,6-8,10H2,(H,17,19). The molecule has 0 saturated carbocycles. The molecule has 0 saturated heterocycles. The summed E-state index contributed by atoms with van der Waals surface area (Å²) in [6.45, 7) is 2.42. The highest BCUT2D eigenvalue weighted by atomic mass is 16.6. The summed E-state index contributed by atoms with van der Waals surface area (Å²) in [6.07, 6.45) is 5.65. The van der Waals surface area contributed by atoms with E-state index in [0.29, 0.717) is 38.5 Å². The van der Waals surface area contributed by atoms with Crippen LogP contribution in [0, 0.1) is 0 Å². The average Bonchev–Trinajstić information content (AvgIpc) is 3.00. The van der Waals surface area contributed by atoms with Crippen molar-refractivity contribution in [3.05, 3.63) is 42.5 Å². The number of ether oxygens (including phenoxy) is 2. The van der Waals surface area contributed by atoms with E-state index in [0.717, 1.165) is 11.3 Å². The van der Waals surface area contributed by atoms with Crippen molar-refractivity contribution in [3.63, 3.8) is 0 Å². The third-order valence-corrected chi connectivity index (χ3v) is 3.22. The lowest BCUT2D eigenvalue weighted by Gasteiger charge is -2.18. The summed E-state index contributed by atoms with van der Waals surface area (Å²) >= 11 is 0. The fourth-order valence-electron chi connectivity index (χ4n) is 2.19. The van der Waals surface area contributed by atoms with Gasteiger partial charge in [-0.15, -0.1) is 0 Å². The van der Waals surface area contributed by atoms with Crippen LogP contribution in [-0.4, -0.2) is 35.2 Å². The van der Waals surface area contributed by atoms with Gasteiger partial charge in [0.2, 0.25) is 5.91 Å². The van der Waals surface area contributed by atoms with Gasteiger partial charge in [-0.25, -0.2) is 4.98 Å². The normalized spacial score (nSPS) is 13.0. The zero-order valence-electron chi connectivity index (χ0n) is 11.6. The Morgan fingerprint density at radius 3 is 2.95 bits per heavy atom. The molecule has 0 radical (unpaired) electrons. The van der Waals surface area contributed by atoms with E-state index in [1.54, 1.807) is 12.5 Å². The highest BCUT2D eigenvalue weighted by Crippen LogP contribution is 2.30. The maximum Gasteiger partial charge on any atom is 0.224 e. The molecule has 0 fully saturated rings. The predicted molar refractivity (Wildman–Crippen MR) is 76.4 cm³/mol. The number of hydrogen-bond donors (Lipinski definition) is 1. The minimum absolute atomic E-state index is 0.00760. The van der Waals surface area contributed by atoms with E-state index < -0.39 is 0 Å². The third kappa shape index (κ3) is 3.53. The first kappa shape index (κ1) is 13.5. The summed E-state index contributed by atoms with van der Waals surface area (Å²) in [6, 6.07) is 5.61. The van der Waals surface area contributed by atoms with Gasteiger partial charge in [-0.3, -0.25) is 4.79 Å². The van der Waals surface area contributed by atoms with Crippen LogP contribution in [0.5, 0.6) is 11.5 Å². The van der Waals surface area contributed by atoms with Crippen molar-refractivity contribution in [3.8, 4) is 11.5 Å². The van der Waals surface area contributed by atoms with Crippen LogP contribution >= 0.6 is 0 Å². The Kier molecular flexibility index (Phi) is 4.04. The molecule has 6 nitrogen and oxygen atoms in total. The molecule has 0 spiro atoms. The number of hydrogen-bond acceptors (Lipinski definition) is 4. The molecule has 0 unspecified atom stereocenters. The number of fused-ring (bicyclic) bond motifs is 1. The van der Waals surface area contributed by atoms with Crippen molar-refractivity contribution in [2.24, 2.45) is 0 Å². The highest BCUT2D eigenvalue weighted by Gasteiger charge is 2.12. The molecule has 6 heteroatoms. The molecule has 1 aliphatic heterocycles. The number of carbonyl (C=O) groups excluding carboxylic acids is 1. The van der Waals surface area contributed by atoms with Crippen LogP contribution in [0.1, 0.15) is 5.56 Å². The van der Waals surface area contributed by atoms with Gasteiger partial charge in [-0.1, -0.05) is 6.07 Å². The molecule has 1 aliphatic rings. The van der Waals surface area contributed by atoms with Gasteiger partial charge in [0.25, 0.3) is 0 Å². The molecule has 0 bridgehead atoms. The van der Waals surface area contributed by atoms with Crippen molar-refractivity contribution >= 4 is 5.91 Å². The van der Waals surface area contributed by atoms with Crippen LogP contribution in [0.15, 0.2) is 36.9 Å². The van der Waals surface area contributed by atoms with Crippen LogP contribution in [0.2, 0.25) is 0 Å². The summed E-state index contributed by atoms with van der Waals surface area (Å²) in [7, 11) is 0. The molecule has 1 amide bonds. The van der Waals surface area contributed by atoms with E-state index >= 15 is 0 Å². The van der Waals surface area contributed by atoms with Crippen LogP contribution in [-0.2, 0) is 17.8 Å². The van der Waals surface area contributed by atoms with E-state index in [2.05, 4.69) is 10.3 Å². The quantitative estimate of drug-likeness (QED) is 0.891. The monoisotopic (exact) mass is 287 g/mol. The number of benzene rings is 1. The SMILES string of the molecule is O=C(Cc1ccc2c(c1)OCCO2)NCCn1ccnc1. The van der Waals surface area contributed by atoms with Crippen LogP contribution in [0.25, 0.3) is 0 Å². The zero-order valence-corrected chi connectivity index (χ0v) is 11.6. The molecule has 1 aromatic carbocycles. The summed E-state index contributed by atoms with van der Waals surface area (Å²) in [4.78, 5) is 15.9. The Labute approximate surface area is 122 Å². The number of rotatable bonds is 5. The first-order chi connectivity index (χ1) is 10.3. The molecule has 3 rings (SSSR count). The molecule has 21 heavy (non-hydrogen) atoms. The molecule has 0 aliphatic carbocycles. The second kappa shape index (κ2) is 6.30. The zero-order chi connectivity index (χ0) is 14.5. The van der Waals surface area contributed by atoms with Crippen molar-refractivity contribution in [2.45, 2.75) is 13.0 Å². The molecule has 1 aromatic heterocycles. The largest absolute Gasteiger partial charge is 0.486 e. The second-order valence-electron chi connectivity index (χ2n) is 4.81. The van der Waals surface area contributed by atoms with Gasteiger partial charge < -0.3 is 19.4 Å². The maximum absolute atomic E-state index is 11.9. The minimum atomic E-state index is -0.00760. The number of amides is 1. The van der Waals surface area contributed by atoms with E-state index in [1.807, 2.05) is 29.0 Å². The molecule has 0 atom stereocenters. The topological polar surface area (TPSA) is 65.4 Å². The van der Waals surface area contributed by atoms with Gasteiger partial charge in [-0.05, 0) is 17.7 Å². The lowest BCUT2D eigenvalue weighted by Crippen LogP contribution is -2.28. The number of carbonyl (C=O) groups is 1. The molecular formula is C15H17N3O3. The van der Waals surface area contributed by atoms with E-state index in [-0.39, 0.29) is 5.91 Å². The number of nitrogens with zero attached hydrogens (tertiary/aromatic N) is 2. The van der Waals surface area contributed by atoms with Gasteiger partial charge >= 0.3 is 0 Å². The number of aromatic nitrogens is 2. The Morgan fingerprint density at radius 1 is 1.29 bits per heavy atom. The van der Waals surface area contributed by atoms with Crippen molar-refractivity contribution in [2.75, 3.05) is 19.8 Å². The fourth-order valence-corrected chi connectivity index (χ4v) is 2.19. The fraction of sp³-hybridized carbons (Fsp3) is 0.333. The Bertz CT molecular complexity index is 611. The maximum atomic E-state index is 11.9. The van der Waals surface area contributed by atoms with Crippen LogP contribution in [0.4, 0.5) is 0 Å². The number of nitrogens with one attached hydrogen (secondary N) is 1. The lowest BCUT2D eigenvalue weighted by molar-refractivity contribution is -0.120. The Balaban J connectivity index is 1.50. The summed E-state index contributed by atoms with van der Waals surface area (Å²) in [5, 5.41) is 2.89. The Hall–Kier alpha value is -2.50. The van der Waals surface area contributed by atoms with E-state index in [9.17, 15) is 4.79 Å². The van der Waals surface area contributed by atoms with Gasteiger partial charge in [-0.2, -0.15) is 0 Å². The van der Waals surface area contributed by atoms with Crippen LogP contribution in [0.3, 0.4) is 0 Å². The van der Waals surface area contributed by atoms with Crippen molar-refractivity contribution in [1.82, 2.24) is 14.9 Å². The molecule has 1 N–H and O–H groups in total.